The quantitative estimate of drug-likeness (QED) is 0.555. The van der Waals surface area contributed by atoms with Gasteiger partial charge < -0.3 is 19.4 Å². The number of rotatable bonds is 8. The van der Waals surface area contributed by atoms with Gasteiger partial charge in [-0.15, -0.1) is 0 Å². The summed E-state index contributed by atoms with van der Waals surface area (Å²) < 4.78 is 35.7. The van der Waals surface area contributed by atoms with Crippen molar-refractivity contribution in [2.24, 2.45) is 0 Å². The Balaban J connectivity index is 2.69. The zero-order valence-electron chi connectivity index (χ0n) is 10.2. The first kappa shape index (κ1) is 15.6. The summed E-state index contributed by atoms with van der Waals surface area (Å²) >= 11 is 0. The van der Waals surface area contributed by atoms with Crippen LogP contribution in [0, 0.1) is 6.92 Å². The number of furan rings is 1. The zero-order chi connectivity index (χ0) is 14.5. The van der Waals surface area contributed by atoms with Gasteiger partial charge in [0.1, 0.15) is 10.7 Å². The molecule has 0 spiro atoms. The lowest BCUT2D eigenvalue weighted by atomic mass is 10.4. The lowest BCUT2D eigenvalue weighted by Crippen LogP contribution is -2.28. The van der Waals surface area contributed by atoms with Gasteiger partial charge in [-0.05, 0) is 6.92 Å². The number of aliphatic hydroxyl groups excluding tert-OH is 1. The molecule has 0 saturated heterocycles. The molecule has 1 heterocycles. The Morgan fingerprint density at radius 2 is 2.16 bits per heavy atom. The van der Waals surface area contributed by atoms with E-state index in [-0.39, 0.29) is 37.0 Å². The van der Waals surface area contributed by atoms with Gasteiger partial charge in [0.25, 0.3) is 0 Å². The van der Waals surface area contributed by atoms with Crippen LogP contribution in [0.5, 0.6) is 0 Å². The molecule has 1 rings (SSSR count). The molecule has 3 N–H and O–H groups in total. The molecule has 9 heteroatoms. The van der Waals surface area contributed by atoms with Crippen LogP contribution in [0.1, 0.15) is 16.3 Å². The molecule has 0 radical (unpaired) electrons. The van der Waals surface area contributed by atoms with Crippen LogP contribution < -0.4 is 4.72 Å². The Labute approximate surface area is 110 Å². The van der Waals surface area contributed by atoms with Crippen molar-refractivity contribution in [2.45, 2.75) is 11.8 Å². The third-order valence-corrected chi connectivity index (χ3v) is 3.72. The van der Waals surface area contributed by atoms with Gasteiger partial charge in [-0.25, -0.2) is 17.9 Å². The highest BCUT2D eigenvalue weighted by atomic mass is 32.2. The van der Waals surface area contributed by atoms with Gasteiger partial charge in [-0.2, -0.15) is 0 Å². The van der Waals surface area contributed by atoms with E-state index in [1.807, 2.05) is 0 Å². The summed E-state index contributed by atoms with van der Waals surface area (Å²) in [6, 6.07) is 0.953. The molecule has 0 atom stereocenters. The second kappa shape index (κ2) is 6.66. The average Bonchev–Trinajstić information content (AvgIpc) is 2.72. The molecule has 1 aromatic rings. The smallest absolute Gasteiger partial charge is 0.371 e. The highest BCUT2D eigenvalue weighted by Crippen LogP contribution is 2.19. The molecule has 0 aliphatic heterocycles. The third kappa shape index (κ3) is 4.31. The normalized spacial score (nSPS) is 11.7. The number of hydrogen-bond acceptors (Lipinski definition) is 6. The van der Waals surface area contributed by atoms with E-state index in [0.29, 0.717) is 0 Å². The molecule has 0 aliphatic rings. The molecule has 19 heavy (non-hydrogen) atoms. The lowest BCUT2D eigenvalue weighted by molar-refractivity contribution is 0.0661. The number of carbonyl (C=O) groups is 1. The maximum absolute atomic E-state index is 11.9. The van der Waals surface area contributed by atoms with E-state index < -0.39 is 21.8 Å². The Hall–Kier alpha value is -1.42. The van der Waals surface area contributed by atoms with Gasteiger partial charge in [0.15, 0.2) is 0 Å². The molecule has 1 aromatic heterocycles. The molecule has 0 aliphatic carbocycles. The van der Waals surface area contributed by atoms with Crippen LogP contribution in [0.2, 0.25) is 0 Å². The molecule has 8 nitrogen and oxygen atoms in total. The monoisotopic (exact) mass is 293 g/mol. The number of sulfonamides is 1. The van der Waals surface area contributed by atoms with Crippen LogP contribution in [-0.4, -0.2) is 51.0 Å². The van der Waals surface area contributed by atoms with Crippen molar-refractivity contribution in [3.05, 3.63) is 17.6 Å². The van der Waals surface area contributed by atoms with Crippen LogP contribution in [0.25, 0.3) is 0 Å². The fourth-order valence-electron chi connectivity index (χ4n) is 1.33. The average molecular weight is 293 g/mol. The number of ether oxygens (including phenoxy) is 1. The number of nitrogens with one attached hydrogen (secondary N) is 1. The first-order valence-corrected chi connectivity index (χ1v) is 6.89. The zero-order valence-corrected chi connectivity index (χ0v) is 11.1. The summed E-state index contributed by atoms with van der Waals surface area (Å²) in [4.78, 5) is 10.5. The number of aliphatic hydroxyl groups is 1. The molecule has 0 aromatic carbocycles. The molecule has 0 bridgehead atoms. The first-order chi connectivity index (χ1) is 8.88. The molecule has 108 valence electrons. The van der Waals surface area contributed by atoms with Crippen LogP contribution in [-0.2, 0) is 14.8 Å². The van der Waals surface area contributed by atoms with Crippen molar-refractivity contribution in [1.29, 1.82) is 0 Å². The standard InChI is InChI=1S/C10H15NO7S/c1-7-9(6-8(18-7)10(13)14)19(15,16)11-2-4-17-5-3-12/h6,11-12H,2-5H2,1H3,(H,13,14). The Kier molecular flexibility index (Phi) is 5.48. The minimum atomic E-state index is -3.84. The Morgan fingerprint density at radius 3 is 2.68 bits per heavy atom. The number of hydrogen-bond donors (Lipinski definition) is 3. The van der Waals surface area contributed by atoms with E-state index in [0.717, 1.165) is 6.07 Å². The van der Waals surface area contributed by atoms with Crippen molar-refractivity contribution < 1.29 is 32.6 Å². The molecule has 0 fully saturated rings. The van der Waals surface area contributed by atoms with Crippen LogP contribution in [0.15, 0.2) is 15.4 Å². The molecular formula is C10H15NO7S. The first-order valence-electron chi connectivity index (χ1n) is 5.40. The van der Waals surface area contributed by atoms with Crippen molar-refractivity contribution in [2.75, 3.05) is 26.4 Å². The van der Waals surface area contributed by atoms with Gasteiger partial charge in [0.2, 0.25) is 15.8 Å². The van der Waals surface area contributed by atoms with Gasteiger partial charge in [-0.3, -0.25) is 0 Å². The molecular weight excluding hydrogens is 278 g/mol. The Morgan fingerprint density at radius 1 is 1.47 bits per heavy atom. The van der Waals surface area contributed by atoms with Crippen molar-refractivity contribution in [3.8, 4) is 0 Å². The van der Waals surface area contributed by atoms with Gasteiger partial charge in [0, 0.05) is 12.6 Å². The summed E-state index contributed by atoms with van der Waals surface area (Å²) in [5.74, 6) is -1.77. The van der Waals surface area contributed by atoms with Crippen molar-refractivity contribution in [1.82, 2.24) is 4.72 Å². The summed E-state index contributed by atoms with van der Waals surface area (Å²) in [6.07, 6.45) is 0. The van der Waals surface area contributed by atoms with E-state index in [1.165, 1.54) is 6.92 Å². The van der Waals surface area contributed by atoms with E-state index in [2.05, 4.69) is 4.72 Å². The minimum Gasteiger partial charge on any atom is -0.475 e. The van der Waals surface area contributed by atoms with Gasteiger partial charge in [-0.1, -0.05) is 0 Å². The number of aryl methyl sites for hydroxylation is 1. The predicted molar refractivity (Wildman–Crippen MR) is 63.5 cm³/mol. The van der Waals surface area contributed by atoms with Crippen LogP contribution in [0.3, 0.4) is 0 Å². The highest BCUT2D eigenvalue weighted by molar-refractivity contribution is 7.89. The maximum Gasteiger partial charge on any atom is 0.371 e. The second-order valence-corrected chi connectivity index (χ2v) is 5.31. The highest BCUT2D eigenvalue weighted by Gasteiger charge is 2.23. The van der Waals surface area contributed by atoms with Gasteiger partial charge in [0.05, 0.1) is 19.8 Å². The van der Waals surface area contributed by atoms with E-state index in [4.69, 9.17) is 19.4 Å². The van der Waals surface area contributed by atoms with E-state index in [9.17, 15) is 13.2 Å². The van der Waals surface area contributed by atoms with Crippen molar-refractivity contribution >= 4 is 16.0 Å². The summed E-state index contributed by atoms with van der Waals surface area (Å²) in [5, 5.41) is 17.2. The number of carboxylic acid groups (broad SMARTS) is 1. The largest absolute Gasteiger partial charge is 0.475 e. The van der Waals surface area contributed by atoms with Crippen molar-refractivity contribution in [3.63, 3.8) is 0 Å². The molecule has 0 saturated carbocycles. The molecule has 0 amide bonds. The topological polar surface area (TPSA) is 126 Å². The summed E-state index contributed by atoms with van der Waals surface area (Å²) in [5.41, 5.74) is 0. The predicted octanol–water partition coefficient (Wildman–Crippen LogP) is -0.427. The fraction of sp³-hybridized carbons (Fsp3) is 0.500. The van der Waals surface area contributed by atoms with E-state index >= 15 is 0 Å². The Bertz CT molecular complexity index is 534. The molecule has 0 unspecified atom stereocenters. The van der Waals surface area contributed by atoms with Crippen LogP contribution >= 0.6 is 0 Å². The summed E-state index contributed by atoms with van der Waals surface area (Å²) in [7, 11) is -3.84. The van der Waals surface area contributed by atoms with E-state index in [1.54, 1.807) is 0 Å². The number of aromatic carboxylic acids is 1. The van der Waals surface area contributed by atoms with Crippen LogP contribution in [0.4, 0.5) is 0 Å². The lowest BCUT2D eigenvalue weighted by Gasteiger charge is -2.05. The van der Waals surface area contributed by atoms with Gasteiger partial charge >= 0.3 is 5.97 Å². The SMILES string of the molecule is Cc1oc(C(=O)O)cc1S(=O)(=O)NCCOCCO. The second-order valence-electron chi connectivity index (χ2n) is 3.57. The third-order valence-electron chi connectivity index (χ3n) is 2.15. The fourth-order valence-corrected chi connectivity index (χ4v) is 2.52. The summed E-state index contributed by atoms with van der Waals surface area (Å²) in [6.45, 7) is 1.45. The number of carboxylic acids is 1. The maximum atomic E-state index is 11.9. The minimum absolute atomic E-state index is 0.00109.